The Kier molecular flexibility index (Phi) is 4.54. The van der Waals surface area contributed by atoms with E-state index in [4.69, 9.17) is 0 Å². The molecule has 0 saturated carbocycles. The Morgan fingerprint density at radius 1 is 1.43 bits per heavy atom. The minimum Gasteiger partial charge on any atom is -0.468 e. The first-order valence-electron chi connectivity index (χ1n) is 4.57. The van der Waals surface area contributed by atoms with Gasteiger partial charge in [-0.3, -0.25) is 9.59 Å². The number of hydrogen-bond acceptors (Lipinski definition) is 3. The van der Waals surface area contributed by atoms with E-state index in [0.717, 1.165) is 0 Å². The van der Waals surface area contributed by atoms with Gasteiger partial charge in [-0.05, 0) is 6.42 Å². The van der Waals surface area contributed by atoms with E-state index in [1.54, 1.807) is 26.8 Å². The molecule has 0 fully saturated rings. The van der Waals surface area contributed by atoms with Gasteiger partial charge in [-0.15, -0.1) is 6.58 Å². The van der Waals surface area contributed by atoms with Gasteiger partial charge in [0, 0.05) is 5.41 Å². The maximum atomic E-state index is 11.8. The van der Waals surface area contributed by atoms with Gasteiger partial charge in [0.15, 0.2) is 5.78 Å². The summed E-state index contributed by atoms with van der Waals surface area (Å²) >= 11 is 0. The van der Waals surface area contributed by atoms with Crippen molar-refractivity contribution in [3.63, 3.8) is 0 Å². The molecule has 0 unspecified atom stereocenters. The number of Topliss-reactive ketones (excluding diaryl/α,β-unsaturated/α-hetero) is 1. The molecule has 0 spiro atoms. The van der Waals surface area contributed by atoms with Gasteiger partial charge in [0.1, 0.15) is 5.92 Å². The van der Waals surface area contributed by atoms with Gasteiger partial charge in [-0.2, -0.15) is 0 Å². The van der Waals surface area contributed by atoms with E-state index in [2.05, 4.69) is 11.3 Å². The SMILES string of the molecule is C=CC[C@H](C(=O)OC)C(=O)C(C)(C)C. The highest BCUT2D eigenvalue weighted by molar-refractivity contribution is 6.01. The summed E-state index contributed by atoms with van der Waals surface area (Å²) in [6.07, 6.45) is 1.90. The maximum absolute atomic E-state index is 11.8. The van der Waals surface area contributed by atoms with Crippen LogP contribution in [0.3, 0.4) is 0 Å². The monoisotopic (exact) mass is 198 g/mol. The molecular weight excluding hydrogens is 180 g/mol. The normalized spacial score (nSPS) is 13.1. The Labute approximate surface area is 85.1 Å². The lowest BCUT2D eigenvalue weighted by atomic mass is 9.81. The zero-order chi connectivity index (χ0) is 11.4. The maximum Gasteiger partial charge on any atom is 0.316 e. The average Bonchev–Trinajstić information content (AvgIpc) is 2.10. The number of ketones is 1. The first kappa shape index (κ1) is 12.9. The summed E-state index contributed by atoms with van der Waals surface area (Å²) in [6, 6.07) is 0. The Hall–Kier alpha value is -1.12. The number of methoxy groups -OCH3 is 1. The van der Waals surface area contributed by atoms with Gasteiger partial charge in [-0.1, -0.05) is 26.8 Å². The fourth-order valence-corrected chi connectivity index (χ4v) is 1.14. The van der Waals surface area contributed by atoms with Gasteiger partial charge < -0.3 is 4.74 Å². The second kappa shape index (κ2) is 4.94. The molecule has 0 aromatic heterocycles. The van der Waals surface area contributed by atoms with Crippen molar-refractivity contribution in [3.05, 3.63) is 12.7 Å². The molecule has 0 aliphatic heterocycles. The van der Waals surface area contributed by atoms with Crippen LogP contribution in [0.5, 0.6) is 0 Å². The second-order valence-corrected chi connectivity index (χ2v) is 4.21. The lowest BCUT2D eigenvalue weighted by molar-refractivity contribution is -0.151. The Morgan fingerprint density at radius 3 is 2.21 bits per heavy atom. The van der Waals surface area contributed by atoms with E-state index in [1.807, 2.05) is 0 Å². The predicted molar refractivity (Wildman–Crippen MR) is 54.8 cm³/mol. The molecule has 0 bridgehead atoms. The summed E-state index contributed by atoms with van der Waals surface area (Å²) in [5.74, 6) is -1.30. The highest BCUT2D eigenvalue weighted by Gasteiger charge is 2.34. The lowest BCUT2D eigenvalue weighted by Gasteiger charge is -2.21. The van der Waals surface area contributed by atoms with Gasteiger partial charge >= 0.3 is 5.97 Å². The number of carbonyl (C=O) groups excluding carboxylic acids is 2. The molecule has 0 rings (SSSR count). The van der Waals surface area contributed by atoms with Crippen molar-refractivity contribution in [1.82, 2.24) is 0 Å². The summed E-state index contributed by atoms with van der Waals surface area (Å²) in [6.45, 7) is 8.88. The zero-order valence-electron chi connectivity index (χ0n) is 9.29. The quantitative estimate of drug-likeness (QED) is 0.394. The minimum atomic E-state index is -0.711. The summed E-state index contributed by atoms with van der Waals surface area (Å²) in [5, 5.41) is 0. The molecule has 0 amide bonds. The minimum absolute atomic E-state index is 0.107. The van der Waals surface area contributed by atoms with Crippen LogP contribution >= 0.6 is 0 Å². The third kappa shape index (κ3) is 3.32. The van der Waals surface area contributed by atoms with Crippen LogP contribution in [0.15, 0.2) is 12.7 Å². The van der Waals surface area contributed by atoms with Crippen LogP contribution < -0.4 is 0 Å². The van der Waals surface area contributed by atoms with Gasteiger partial charge in [0.25, 0.3) is 0 Å². The molecule has 3 nitrogen and oxygen atoms in total. The van der Waals surface area contributed by atoms with Crippen molar-refractivity contribution >= 4 is 11.8 Å². The molecular formula is C11H18O3. The van der Waals surface area contributed by atoms with Crippen molar-refractivity contribution in [2.24, 2.45) is 11.3 Å². The molecule has 0 saturated heterocycles. The standard InChI is InChI=1S/C11H18O3/c1-6-7-8(10(13)14-5)9(12)11(2,3)4/h6,8H,1,7H2,2-5H3/t8-/m0/s1. The molecule has 1 atom stereocenters. The smallest absolute Gasteiger partial charge is 0.316 e. The number of carbonyl (C=O) groups is 2. The fourth-order valence-electron chi connectivity index (χ4n) is 1.14. The van der Waals surface area contributed by atoms with Gasteiger partial charge in [-0.25, -0.2) is 0 Å². The van der Waals surface area contributed by atoms with Crippen LogP contribution in [0.1, 0.15) is 27.2 Å². The number of hydrogen-bond donors (Lipinski definition) is 0. The molecule has 14 heavy (non-hydrogen) atoms. The zero-order valence-corrected chi connectivity index (χ0v) is 9.29. The van der Waals surface area contributed by atoms with Crippen LogP contribution in [0, 0.1) is 11.3 Å². The largest absolute Gasteiger partial charge is 0.468 e. The molecule has 0 aliphatic rings. The number of ether oxygens (including phenoxy) is 1. The fraction of sp³-hybridized carbons (Fsp3) is 0.636. The Bertz CT molecular complexity index is 235. The van der Waals surface area contributed by atoms with Crippen molar-refractivity contribution in [2.75, 3.05) is 7.11 Å². The molecule has 3 heteroatoms. The Balaban J connectivity index is 4.74. The highest BCUT2D eigenvalue weighted by Crippen LogP contribution is 2.23. The lowest BCUT2D eigenvalue weighted by Crippen LogP contribution is -2.34. The first-order chi connectivity index (χ1) is 6.34. The second-order valence-electron chi connectivity index (χ2n) is 4.21. The molecule has 80 valence electrons. The van der Waals surface area contributed by atoms with Crippen LogP contribution in [0.25, 0.3) is 0 Å². The van der Waals surface area contributed by atoms with E-state index in [1.165, 1.54) is 7.11 Å². The summed E-state index contributed by atoms with van der Waals surface area (Å²) in [4.78, 5) is 23.1. The summed E-state index contributed by atoms with van der Waals surface area (Å²) in [7, 11) is 1.29. The molecule has 0 aromatic carbocycles. The third-order valence-corrected chi connectivity index (χ3v) is 1.94. The first-order valence-corrected chi connectivity index (χ1v) is 4.57. The molecule has 0 radical (unpaired) electrons. The van der Waals surface area contributed by atoms with E-state index < -0.39 is 17.3 Å². The highest BCUT2D eigenvalue weighted by atomic mass is 16.5. The van der Waals surface area contributed by atoms with E-state index >= 15 is 0 Å². The third-order valence-electron chi connectivity index (χ3n) is 1.94. The van der Waals surface area contributed by atoms with E-state index in [0.29, 0.717) is 6.42 Å². The van der Waals surface area contributed by atoms with E-state index in [-0.39, 0.29) is 5.78 Å². The summed E-state index contributed by atoms with van der Waals surface area (Å²) in [5.41, 5.74) is -0.526. The molecule has 0 aliphatic carbocycles. The molecule has 0 aromatic rings. The predicted octanol–water partition coefficient (Wildman–Crippen LogP) is 1.97. The van der Waals surface area contributed by atoms with Crippen molar-refractivity contribution in [2.45, 2.75) is 27.2 Å². The van der Waals surface area contributed by atoms with Crippen molar-refractivity contribution in [3.8, 4) is 0 Å². The number of esters is 1. The van der Waals surface area contributed by atoms with E-state index in [9.17, 15) is 9.59 Å². The van der Waals surface area contributed by atoms with Crippen LogP contribution in [-0.4, -0.2) is 18.9 Å². The van der Waals surface area contributed by atoms with Crippen LogP contribution in [-0.2, 0) is 14.3 Å². The average molecular weight is 198 g/mol. The van der Waals surface area contributed by atoms with Gasteiger partial charge in [0.2, 0.25) is 0 Å². The topological polar surface area (TPSA) is 43.4 Å². The number of rotatable bonds is 4. The number of allylic oxidation sites excluding steroid dienone is 1. The van der Waals surface area contributed by atoms with Crippen LogP contribution in [0.4, 0.5) is 0 Å². The molecule has 0 N–H and O–H groups in total. The van der Waals surface area contributed by atoms with Crippen molar-refractivity contribution < 1.29 is 14.3 Å². The van der Waals surface area contributed by atoms with Crippen LogP contribution in [0.2, 0.25) is 0 Å². The van der Waals surface area contributed by atoms with Gasteiger partial charge in [0.05, 0.1) is 7.11 Å². The molecule has 0 heterocycles. The summed E-state index contributed by atoms with van der Waals surface area (Å²) < 4.78 is 4.57. The van der Waals surface area contributed by atoms with Crippen molar-refractivity contribution in [1.29, 1.82) is 0 Å². The Morgan fingerprint density at radius 2 is 1.93 bits per heavy atom.